The molecular formula is C14H17N3O3S. The smallest absolute Gasteiger partial charge is 0.322 e. The number of amides is 3. The summed E-state index contributed by atoms with van der Waals surface area (Å²) in [7, 11) is 3.31. The minimum absolute atomic E-state index is 0.0210. The molecule has 0 radical (unpaired) electrons. The van der Waals surface area contributed by atoms with Crippen molar-refractivity contribution in [1.82, 2.24) is 15.1 Å². The maximum atomic E-state index is 12.6. The third-order valence-electron chi connectivity index (χ3n) is 3.83. The number of carbonyl (C=O) groups excluding carboxylic acids is 2. The van der Waals surface area contributed by atoms with Crippen LogP contribution in [0.15, 0.2) is 28.8 Å². The van der Waals surface area contributed by atoms with E-state index in [-0.39, 0.29) is 18.0 Å². The van der Waals surface area contributed by atoms with Crippen LogP contribution in [0.5, 0.6) is 0 Å². The second-order valence-corrected chi connectivity index (χ2v) is 6.02. The Kier molecular flexibility index (Phi) is 3.69. The monoisotopic (exact) mass is 307 g/mol. The highest BCUT2D eigenvalue weighted by atomic mass is 32.1. The zero-order valence-corrected chi connectivity index (χ0v) is 12.8. The second kappa shape index (κ2) is 5.50. The van der Waals surface area contributed by atoms with Crippen LogP contribution in [-0.2, 0) is 9.53 Å². The van der Waals surface area contributed by atoms with Crippen molar-refractivity contribution < 1.29 is 14.3 Å². The van der Waals surface area contributed by atoms with Crippen LogP contribution in [-0.4, -0.2) is 55.6 Å². The lowest BCUT2D eigenvalue weighted by Crippen LogP contribution is -2.45. The molecule has 3 rings (SSSR count). The van der Waals surface area contributed by atoms with Crippen LogP contribution in [0.3, 0.4) is 0 Å². The zero-order chi connectivity index (χ0) is 15.0. The fraction of sp³-hybridized carbons (Fsp3) is 0.429. The first-order valence-electron chi connectivity index (χ1n) is 6.72. The zero-order valence-electron chi connectivity index (χ0n) is 12.0. The topological polar surface area (TPSA) is 61.9 Å². The van der Waals surface area contributed by atoms with Crippen molar-refractivity contribution in [3.05, 3.63) is 33.7 Å². The van der Waals surface area contributed by atoms with Crippen molar-refractivity contribution in [2.45, 2.75) is 6.04 Å². The first-order valence-corrected chi connectivity index (χ1v) is 7.60. The van der Waals surface area contributed by atoms with Crippen LogP contribution in [0.2, 0.25) is 0 Å². The van der Waals surface area contributed by atoms with E-state index in [4.69, 9.17) is 4.74 Å². The Morgan fingerprint density at radius 2 is 2.29 bits per heavy atom. The molecule has 0 spiro atoms. The van der Waals surface area contributed by atoms with Gasteiger partial charge in [-0.2, -0.15) is 0 Å². The number of methoxy groups -OCH3 is 1. The molecule has 3 heterocycles. The lowest BCUT2D eigenvalue weighted by Gasteiger charge is -2.30. The number of hydrogen-bond acceptors (Lipinski definition) is 4. The Hall–Kier alpha value is -1.86. The molecule has 0 aromatic carbocycles. The van der Waals surface area contributed by atoms with Gasteiger partial charge in [0, 0.05) is 25.6 Å². The van der Waals surface area contributed by atoms with Gasteiger partial charge in [0.2, 0.25) is 0 Å². The molecule has 1 aromatic rings. The van der Waals surface area contributed by atoms with E-state index in [1.54, 1.807) is 19.1 Å². The summed E-state index contributed by atoms with van der Waals surface area (Å²) in [5.41, 5.74) is 1.47. The van der Waals surface area contributed by atoms with Crippen molar-refractivity contribution in [1.29, 1.82) is 0 Å². The van der Waals surface area contributed by atoms with Gasteiger partial charge >= 0.3 is 6.03 Å². The van der Waals surface area contributed by atoms with E-state index < -0.39 is 0 Å². The number of hydrogen-bond donors (Lipinski definition) is 1. The summed E-state index contributed by atoms with van der Waals surface area (Å²) in [6.45, 7) is 1.48. The molecule has 1 N–H and O–H groups in total. The minimum atomic E-state index is -0.344. The van der Waals surface area contributed by atoms with E-state index in [1.165, 1.54) is 16.2 Å². The normalized spacial score (nSPS) is 21.9. The second-order valence-electron chi connectivity index (χ2n) is 5.04. The fourth-order valence-electron chi connectivity index (χ4n) is 2.67. The molecule has 2 aliphatic heterocycles. The van der Waals surface area contributed by atoms with Crippen LogP contribution in [0.4, 0.5) is 4.79 Å². The average molecular weight is 307 g/mol. The standard InChI is InChI=1S/C14H17N3O3S/c1-16-9-8-17(5-6-20-2)13(18)11(9)12(15-14(16)19)10-4-3-7-21-10/h3-4,7,12H,5-6,8H2,1-2H3,(H,15,19)/t12-/m0/s1. The van der Waals surface area contributed by atoms with Crippen molar-refractivity contribution in [2.24, 2.45) is 0 Å². The Morgan fingerprint density at radius 3 is 2.95 bits per heavy atom. The molecular weight excluding hydrogens is 290 g/mol. The van der Waals surface area contributed by atoms with Crippen LogP contribution >= 0.6 is 11.3 Å². The first-order chi connectivity index (χ1) is 10.1. The summed E-state index contributed by atoms with van der Waals surface area (Å²) >= 11 is 1.54. The molecule has 3 amide bonds. The maximum absolute atomic E-state index is 12.6. The van der Waals surface area contributed by atoms with E-state index >= 15 is 0 Å². The highest BCUT2D eigenvalue weighted by Crippen LogP contribution is 2.36. The Morgan fingerprint density at radius 1 is 1.48 bits per heavy atom. The van der Waals surface area contributed by atoms with Crippen molar-refractivity contribution >= 4 is 23.3 Å². The van der Waals surface area contributed by atoms with Gasteiger partial charge in [-0.05, 0) is 11.4 Å². The SMILES string of the molecule is COCCN1CC2=C(C1=O)[C@H](c1cccs1)NC(=O)N2C. The van der Waals surface area contributed by atoms with E-state index in [1.807, 2.05) is 17.5 Å². The van der Waals surface area contributed by atoms with Crippen molar-refractivity contribution in [2.75, 3.05) is 33.9 Å². The largest absolute Gasteiger partial charge is 0.383 e. The molecule has 2 aliphatic rings. The van der Waals surface area contributed by atoms with Crippen LogP contribution in [0, 0.1) is 0 Å². The van der Waals surface area contributed by atoms with E-state index in [2.05, 4.69) is 5.32 Å². The molecule has 112 valence electrons. The molecule has 0 saturated heterocycles. The molecule has 7 heteroatoms. The Balaban J connectivity index is 1.94. The predicted octanol–water partition coefficient (Wildman–Crippen LogP) is 1.19. The summed E-state index contributed by atoms with van der Waals surface area (Å²) in [5, 5.41) is 4.85. The molecule has 6 nitrogen and oxygen atoms in total. The number of likely N-dealkylation sites (N-methyl/N-ethyl adjacent to an activating group) is 1. The van der Waals surface area contributed by atoms with Gasteiger partial charge in [0.05, 0.1) is 30.5 Å². The number of carbonyl (C=O) groups is 2. The fourth-order valence-corrected chi connectivity index (χ4v) is 3.46. The summed E-state index contributed by atoms with van der Waals surface area (Å²) in [6, 6.07) is 3.35. The molecule has 0 bridgehead atoms. The Labute approximate surface area is 127 Å². The number of nitrogens with one attached hydrogen (secondary N) is 1. The number of rotatable bonds is 4. The van der Waals surface area contributed by atoms with Gasteiger partial charge < -0.3 is 15.0 Å². The van der Waals surface area contributed by atoms with Gasteiger partial charge in [0.25, 0.3) is 5.91 Å². The summed E-state index contributed by atoms with van der Waals surface area (Å²) in [5.74, 6) is -0.0210. The molecule has 0 saturated carbocycles. The number of urea groups is 1. The van der Waals surface area contributed by atoms with Gasteiger partial charge in [-0.25, -0.2) is 4.79 Å². The van der Waals surface area contributed by atoms with E-state index in [0.29, 0.717) is 25.3 Å². The lowest BCUT2D eigenvalue weighted by molar-refractivity contribution is -0.126. The van der Waals surface area contributed by atoms with Gasteiger partial charge in [0.15, 0.2) is 0 Å². The van der Waals surface area contributed by atoms with Crippen LogP contribution in [0.1, 0.15) is 10.9 Å². The molecule has 0 unspecified atom stereocenters. The van der Waals surface area contributed by atoms with Gasteiger partial charge in [-0.1, -0.05) is 6.07 Å². The summed E-state index contributed by atoms with van der Waals surface area (Å²) in [4.78, 5) is 29.0. The molecule has 0 fully saturated rings. The quantitative estimate of drug-likeness (QED) is 0.909. The molecule has 1 aromatic heterocycles. The average Bonchev–Trinajstić information content (AvgIpc) is 3.10. The number of nitrogens with zero attached hydrogens (tertiary/aromatic N) is 2. The van der Waals surface area contributed by atoms with Crippen LogP contribution in [0.25, 0.3) is 0 Å². The summed E-state index contributed by atoms with van der Waals surface area (Å²) < 4.78 is 5.05. The predicted molar refractivity (Wildman–Crippen MR) is 78.8 cm³/mol. The summed E-state index contributed by atoms with van der Waals surface area (Å²) in [6.07, 6.45) is 0. The van der Waals surface area contributed by atoms with Crippen LogP contribution < -0.4 is 5.32 Å². The molecule has 1 atom stereocenters. The van der Waals surface area contributed by atoms with Gasteiger partial charge in [-0.3, -0.25) is 9.69 Å². The van der Waals surface area contributed by atoms with Crippen molar-refractivity contribution in [3.8, 4) is 0 Å². The lowest BCUT2D eigenvalue weighted by atomic mass is 10.0. The number of thiophene rings is 1. The minimum Gasteiger partial charge on any atom is -0.383 e. The molecule has 21 heavy (non-hydrogen) atoms. The highest BCUT2D eigenvalue weighted by molar-refractivity contribution is 7.10. The van der Waals surface area contributed by atoms with Crippen molar-refractivity contribution in [3.63, 3.8) is 0 Å². The van der Waals surface area contributed by atoms with Gasteiger partial charge in [-0.15, -0.1) is 11.3 Å². The van der Waals surface area contributed by atoms with E-state index in [9.17, 15) is 9.59 Å². The molecule has 0 aliphatic carbocycles. The Bertz CT molecular complexity index is 597. The number of ether oxygens (including phenoxy) is 1. The third-order valence-corrected chi connectivity index (χ3v) is 4.77. The van der Waals surface area contributed by atoms with Gasteiger partial charge in [0.1, 0.15) is 0 Å². The third kappa shape index (κ3) is 2.32. The first kappa shape index (κ1) is 14.1. The van der Waals surface area contributed by atoms with E-state index in [0.717, 1.165) is 10.6 Å². The highest BCUT2D eigenvalue weighted by Gasteiger charge is 2.42. The maximum Gasteiger partial charge on any atom is 0.322 e.